The maximum absolute atomic E-state index is 13.4. The Hall–Kier alpha value is -1.66. The number of nitrogens with one attached hydrogen (secondary N) is 1. The van der Waals surface area contributed by atoms with Crippen LogP contribution in [0.4, 0.5) is 10.1 Å². The van der Waals surface area contributed by atoms with Gasteiger partial charge in [-0.05, 0) is 36.6 Å². The molecule has 6 heteroatoms. The Labute approximate surface area is 111 Å². The molecule has 1 aromatic carbocycles. The Kier molecular flexibility index (Phi) is 5.26. The summed E-state index contributed by atoms with van der Waals surface area (Å²) in [6, 6.07) is 2.53. The fraction of sp³-hybridized carbons (Fsp3) is 0.462. The van der Waals surface area contributed by atoms with Gasteiger partial charge in [0.15, 0.2) is 0 Å². The third-order valence-electron chi connectivity index (χ3n) is 2.88. The smallest absolute Gasteiger partial charge is 0.216 e. The van der Waals surface area contributed by atoms with Crippen LogP contribution in [0, 0.1) is 12.7 Å². The van der Waals surface area contributed by atoms with Crippen LogP contribution in [-0.4, -0.2) is 28.8 Å². The molecule has 2 atom stereocenters. The number of aliphatic hydroxyl groups is 2. The lowest BCUT2D eigenvalue weighted by Gasteiger charge is -2.20. The standard InChI is InChI=1S/C13H19FN2O3/c1-7-5-11(15)10(14)6-9(7)13(19)12(18)3-4-16-8(2)17/h5-6,12-13,18-19H,3-4,15H2,1-2H3,(H,16,17). The zero-order chi connectivity index (χ0) is 14.6. The maximum atomic E-state index is 13.4. The number of nitrogen functional groups attached to an aromatic ring is 1. The number of aryl methyl sites for hydroxylation is 1. The first kappa shape index (κ1) is 15.4. The van der Waals surface area contributed by atoms with Gasteiger partial charge in [0.25, 0.3) is 0 Å². The predicted octanol–water partition coefficient (Wildman–Crippen LogP) is 0.637. The molecule has 2 unspecified atom stereocenters. The Morgan fingerprint density at radius 3 is 2.68 bits per heavy atom. The number of carbonyl (C=O) groups is 1. The van der Waals surface area contributed by atoms with Crippen LogP contribution in [0.2, 0.25) is 0 Å². The molecule has 5 N–H and O–H groups in total. The van der Waals surface area contributed by atoms with Crippen LogP contribution >= 0.6 is 0 Å². The SMILES string of the molecule is CC(=O)NCCC(O)C(O)c1cc(F)c(N)cc1C. The maximum Gasteiger partial charge on any atom is 0.216 e. The summed E-state index contributed by atoms with van der Waals surface area (Å²) in [5, 5.41) is 22.3. The van der Waals surface area contributed by atoms with Crippen LogP contribution in [0.15, 0.2) is 12.1 Å². The Bertz CT molecular complexity index is 465. The molecule has 1 rings (SSSR count). The van der Waals surface area contributed by atoms with Crippen molar-refractivity contribution in [1.29, 1.82) is 0 Å². The molecule has 106 valence electrons. The van der Waals surface area contributed by atoms with Gasteiger partial charge in [-0.25, -0.2) is 4.39 Å². The van der Waals surface area contributed by atoms with Crippen molar-refractivity contribution in [1.82, 2.24) is 5.32 Å². The molecule has 0 heterocycles. The summed E-state index contributed by atoms with van der Waals surface area (Å²) in [6.45, 7) is 3.28. The van der Waals surface area contributed by atoms with Gasteiger partial charge in [0.05, 0.1) is 11.8 Å². The monoisotopic (exact) mass is 270 g/mol. The molecule has 1 aromatic rings. The van der Waals surface area contributed by atoms with Crippen molar-refractivity contribution in [2.75, 3.05) is 12.3 Å². The number of aliphatic hydroxyl groups excluding tert-OH is 2. The van der Waals surface area contributed by atoms with E-state index in [2.05, 4.69) is 5.32 Å². The highest BCUT2D eigenvalue weighted by Crippen LogP contribution is 2.26. The topological polar surface area (TPSA) is 95.6 Å². The summed E-state index contributed by atoms with van der Waals surface area (Å²) in [4.78, 5) is 10.7. The average Bonchev–Trinajstić information content (AvgIpc) is 2.32. The van der Waals surface area contributed by atoms with Crippen LogP contribution in [-0.2, 0) is 4.79 Å². The second kappa shape index (κ2) is 6.49. The molecule has 0 bridgehead atoms. The molecule has 1 amide bonds. The molecule has 0 saturated heterocycles. The Balaban J connectivity index is 2.73. The lowest BCUT2D eigenvalue weighted by atomic mass is 9.97. The Morgan fingerprint density at radius 1 is 1.47 bits per heavy atom. The summed E-state index contributed by atoms with van der Waals surface area (Å²) in [6.07, 6.45) is -2.14. The van der Waals surface area contributed by atoms with E-state index in [9.17, 15) is 19.4 Å². The van der Waals surface area contributed by atoms with Crippen molar-refractivity contribution in [2.45, 2.75) is 32.5 Å². The van der Waals surface area contributed by atoms with Gasteiger partial charge < -0.3 is 21.3 Å². The minimum Gasteiger partial charge on any atom is -0.396 e. The molecule has 0 aliphatic carbocycles. The van der Waals surface area contributed by atoms with E-state index in [1.165, 1.54) is 13.0 Å². The van der Waals surface area contributed by atoms with E-state index in [0.29, 0.717) is 11.1 Å². The van der Waals surface area contributed by atoms with Gasteiger partial charge in [-0.15, -0.1) is 0 Å². The zero-order valence-electron chi connectivity index (χ0n) is 11.0. The van der Waals surface area contributed by atoms with E-state index in [0.717, 1.165) is 6.07 Å². The second-order valence-corrected chi connectivity index (χ2v) is 4.51. The molecule has 0 aromatic heterocycles. The normalized spacial score (nSPS) is 13.9. The average molecular weight is 270 g/mol. The third-order valence-corrected chi connectivity index (χ3v) is 2.88. The molecular weight excluding hydrogens is 251 g/mol. The minimum atomic E-state index is -1.22. The van der Waals surface area contributed by atoms with Crippen molar-refractivity contribution in [3.8, 4) is 0 Å². The lowest BCUT2D eigenvalue weighted by molar-refractivity contribution is -0.119. The summed E-state index contributed by atoms with van der Waals surface area (Å²) in [5.41, 5.74) is 6.31. The van der Waals surface area contributed by atoms with Crippen LogP contribution in [0.5, 0.6) is 0 Å². The number of hydrogen-bond donors (Lipinski definition) is 4. The van der Waals surface area contributed by atoms with Gasteiger partial charge in [-0.2, -0.15) is 0 Å². The molecule has 0 spiro atoms. The highest BCUT2D eigenvalue weighted by molar-refractivity contribution is 5.72. The lowest BCUT2D eigenvalue weighted by Crippen LogP contribution is -2.28. The van der Waals surface area contributed by atoms with Crippen molar-refractivity contribution in [2.24, 2.45) is 0 Å². The molecule has 0 aliphatic rings. The first-order valence-corrected chi connectivity index (χ1v) is 5.99. The molecule has 19 heavy (non-hydrogen) atoms. The van der Waals surface area contributed by atoms with Crippen molar-refractivity contribution < 1.29 is 19.4 Å². The van der Waals surface area contributed by atoms with E-state index in [-0.39, 0.29) is 24.6 Å². The fourth-order valence-electron chi connectivity index (χ4n) is 1.80. The van der Waals surface area contributed by atoms with E-state index in [1.807, 2.05) is 0 Å². The molecule has 0 radical (unpaired) electrons. The van der Waals surface area contributed by atoms with Gasteiger partial charge in [-0.1, -0.05) is 0 Å². The van der Waals surface area contributed by atoms with Crippen molar-refractivity contribution in [3.05, 3.63) is 29.1 Å². The number of hydrogen-bond acceptors (Lipinski definition) is 4. The first-order valence-electron chi connectivity index (χ1n) is 5.99. The van der Waals surface area contributed by atoms with Gasteiger partial charge in [0, 0.05) is 13.5 Å². The fourth-order valence-corrected chi connectivity index (χ4v) is 1.80. The number of anilines is 1. The largest absolute Gasteiger partial charge is 0.396 e. The van der Waals surface area contributed by atoms with Crippen LogP contribution < -0.4 is 11.1 Å². The summed E-state index contributed by atoms with van der Waals surface area (Å²) >= 11 is 0. The summed E-state index contributed by atoms with van der Waals surface area (Å²) < 4.78 is 13.4. The molecule has 5 nitrogen and oxygen atoms in total. The number of rotatable bonds is 5. The summed E-state index contributed by atoms with van der Waals surface area (Å²) in [7, 11) is 0. The number of amides is 1. The van der Waals surface area contributed by atoms with E-state index >= 15 is 0 Å². The molecular formula is C13H19FN2O3. The number of halogens is 1. The number of nitrogens with two attached hydrogens (primary N) is 1. The van der Waals surface area contributed by atoms with Crippen LogP contribution in [0.25, 0.3) is 0 Å². The predicted molar refractivity (Wildman–Crippen MR) is 69.8 cm³/mol. The quantitative estimate of drug-likeness (QED) is 0.590. The third kappa shape index (κ3) is 4.18. The molecule has 0 fully saturated rings. The molecule has 0 aliphatic heterocycles. The van der Waals surface area contributed by atoms with E-state index in [4.69, 9.17) is 5.73 Å². The number of carbonyl (C=O) groups excluding carboxylic acids is 1. The second-order valence-electron chi connectivity index (χ2n) is 4.51. The van der Waals surface area contributed by atoms with Crippen LogP contribution in [0.3, 0.4) is 0 Å². The van der Waals surface area contributed by atoms with Gasteiger partial charge in [0.1, 0.15) is 11.9 Å². The highest BCUT2D eigenvalue weighted by Gasteiger charge is 2.21. The van der Waals surface area contributed by atoms with E-state index < -0.39 is 18.0 Å². The van der Waals surface area contributed by atoms with Gasteiger partial charge >= 0.3 is 0 Å². The Morgan fingerprint density at radius 2 is 2.11 bits per heavy atom. The zero-order valence-corrected chi connectivity index (χ0v) is 11.0. The minimum absolute atomic E-state index is 0.00110. The van der Waals surface area contributed by atoms with E-state index in [1.54, 1.807) is 6.92 Å². The number of benzene rings is 1. The first-order chi connectivity index (χ1) is 8.82. The van der Waals surface area contributed by atoms with Gasteiger partial charge in [0.2, 0.25) is 5.91 Å². The van der Waals surface area contributed by atoms with Crippen LogP contribution in [0.1, 0.15) is 30.6 Å². The van der Waals surface area contributed by atoms with Crippen molar-refractivity contribution in [3.63, 3.8) is 0 Å². The highest BCUT2D eigenvalue weighted by atomic mass is 19.1. The van der Waals surface area contributed by atoms with Crippen molar-refractivity contribution >= 4 is 11.6 Å². The van der Waals surface area contributed by atoms with Gasteiger partial charge in [-0.3, -0.25) is 4.79 Å². The summed E-state index contributed by atoms with van der Waals surface area (Å²) in [5.74, 6) is -0.842. The molecule has 0 saturated carbocycles.